The van der Waals surface area contributed by atoms with Crippen LogP contribution in [0.1, 0.15) is 29.5 Å². The molecule has 6 heteroatoms. The number of guanidine groups is 1. The van der Waals surface area contributed by atoms with E-state index in [0.717, 1.165) is 44.9 Å². The van der Waals surface area contributed by atoms with Gasteiger partial charge in [-0.05, 0) is 36.0 Å². The summed E-state index contributed by atoms with van der Waals surface area (Å²) in [5.74, 6) is 0.951. The molecule has 2 aromatic rings. The first-order valence-corrected chi connectivity index (χ1v) is 10.8. The first kappa shape index (κ1) is 23.3. The van der Waals surface area contributed by atoms with E-state index in [1.54, 1.807) is 7.05 Å². The topological polar surface area (TPSA) is 47.9 Å². The van der Waals surface area contributed by atoms with E-state index in [2.05, 4.69) is 63.7 Å². The van der Waals surface area contributed by atoms with Crippen LogP contribution in [0.25, 0.3) is 6.08 Å². The van der Waals surface area contributed by atoms with Crippen molar-refractivity contribution in [1.29, 1.82) is 0 Å². The molecule has 1 N–H and O–H groups in total. The summed E-state index contributed by atoms with van der Waals surface area (Å²) in [5, 5.41) is 3.29. The fourth-order valence-electron chi connectivity index (χ4n) is 4.24. The van der Waals surface area contributed by atoms with Crippen molar-refractivity contribution < 1.29 is 4.79 Å². The van der Waals surface area contributed by atoms with Gasteiger partial charge in [0.05, 0.1) is 6.54 Å². The molecule has 0 saturated carbocycles. The van der Waals surface area contributed by atoms with Gasteiger partial charge in [-0.25, -0.2) is 0 Å². The fraction of sp³-hybridized carbons (Fsp3) is 0.360. The molecule has 0 bridgehead atoms. The van der Waals surface area contributed by atoms with E-state index in [0.29, 0.717) is 6.54 Å². The van der Waals surface area contributed by atoms with Crippen LogP contribution in [-0.2, 0) is 17.8 Å². The molecule has 1 fully saturated rings. The number of hydrogen-bond donors (Lipinski definition) is 1. The first-order valence-electron chi connectivity index (χ1n) is 10.8. The van der Waals surface area contributed by atoms with Crippen LogP contribution >= 0.6 is 24.0 Å². The van der Waals surface area contributed by atoms with E-state index >= 15 is 0 Å². The summed E-state index contributed by atoms with van der Waals surface area (Å²) in [4.78, 5) is 21.4. The maximum absolute atomic E-state index is 12.7. The Balaban J connectivity index is 0.00000272. The quantitative estimate of drug-likeness (QED) is 0.372. The number of likely N-dealkylation sites (tertiary alicyclic amines) is 1. The number of amides is 1. The molecule has 2 aromatic carbocycles. The Morgan fingerprint density at radius 2 is 1.58 bits per heavy atom. The van der Waals surface area contributed by atoms with Gasteiger partial charge in [0, 0.05) is 33.2 Å². The number of halogens is 1. The van der Waals surface area contributed by atoms with Gasteiger partial charge in [0.15, 0.2) is 5.96 Å². The molecule has 1 amide bonds. The van der Waals surface area contributed by atoms with Crippen molar-refractivity contribution in [2.45, 2.75) is 25.8 Å². The predicted molar refractivity (Wildman–Crippen MR) is 138 cm³/mol. The fourth-order valence-corrected chi connectivity index (χ4v) is 4.24. The summed E-state index contributed by atoms with van der Waals surface area (Å²) in [5.41, 5.74) is 5.35. The summed E-state index contributed by atoms with van der Waals surface area (Å²) in [6.07, 6.45) is 5.27. The van der Waals surface area contributed by atoms with Crippen LogP contribution in [0.2, 0.25) is 0 Å². The lowest BCUT2D eigenvalue weighted by Gasteiger charge is -2.32. The molecular weight excluding hydrogens is 499 g/mol. The third-order valence-corrected chi connectivity index (χ3v) is 5.97. The Hall–Kier alpha value is -2.35. The van der Waals surface area contributed by atoms with Crippen molar-refractivity contribution in [2.24, 2.45) is 4.99 Å². The molecule has 0 atom stereocenters. The van der Waals surface area contributed by atoms with Crippen LogP contribution in [0.3, 0.4) is 0 Å². The number of fused-ring (bicyclic) bond motifs is 1. The van der Waals surface area contributed by atoms with Gasteiger partial charge in [0.2, 0.25) is 5.91 Å². The average Bonchev–Trinajstić information content (AvgIpc) is 2.80. The van der Waals surface area contributed by atoms with Gasteiger partial charge >= 0.3 is 0 Å². The molecule has 0 spiro atoms. The Morgan fingerprint density at radius 3 is 2.29 bits per heavy atom. The third-order valence-electron chi connectivity index (χ3n) is 5.97. The summed E-state index contributed by atoms with van der Waals surface area (Å²) < 4.78 is 0. The van der Waals surface area contributed by atoms with Gasteiger partial charge in [-0.2, -0.15) is 0 Å². The van der Waals surface area contributed by atoms with Gasteiger partial charge < -0.3 is 15.1 Å². The van der Waals surface area contributed by atoms with E-state index in [1.165, 1.54) is 22.3 Å². The van der Waals surface area contributed by atoms with E-state index in [1.807, 2.05) is 17.0 Å². The average molecular weight is 530 g/mol. The summed E-state index contributed by atoms with van der Waals surface area (Å²) in [7, 11) is 1.79. The van der Waals surface area contributed by atoms with Crippen LogP contribution in [0.4, 0.5) is 0 Å². The van der Waals surface area contributed by atoms with Crippen molar-refractivity contribution in [2.75, 3.05) is 33.2 Å². The minimum atomic E-state index is 0. The molecule has 0 radical (unpaired) electrons. The molecule has 0 aromatic heterocycles. The zero-order valence-corrected chi connectivity index (χ0v) is 20.4. The molecule has 4 rings (SSSR count). The highest BCUT2D eigenvalue weighted by Gasteiger charge is 2.22. The van der Waals surface area contributed by atoms with Crippen LogP contribution < -0.4 is 5.32 Å². The molecule has 164 valence electrons. The van der Waals surface area contributed by atoms with Gasteiger partial charge in [0.25, 0.3) is 0 Å². The number of carbonyl (C=O) groups is 1. The highest BCUT2D eigenvalue weighted by Crippen LogP contribution is 2.20. The molecule has 2 aliphatic rings. The van der Waals surface area contributed by atoms with Crippen molar-refractivity contribution in [3.05, 3.63) is 76.9 Å². The molecule has 2 heterocycles. The minimum Gasteiger partial charge on any atom is -0.347 e. The number of hydrogen-bond acceptors (Lipinski definition) is 2. The largest absolute Gasteiger partial charge is 0.347 e. The number of benzene rings is 2. The number of aliphatic imine (C=N–C) groups is 1. The van der Waals surface area contributed by atoms with Crippen LogP contribution in [0.5, 0.6) is 0 Å². The monoisotopic (exact) mass is 530 g/mol. The lowest BCUT2D eigenvalue weighted by molar-refractivity contribution is -0.130. The maximum Gasteiger partial charge on any atom is 0.242 e. The number of piperidine rings is 1. The molecule has 2 aliphatic heterocycles. The Morgan fingerprint density at radius 1 is 0.935 bits per heavy atom. The van der Waals surface area contributed by atoms with E-state index < -0.39 is 0 Å². The van der Waals surface area contributed by atoms with Crippen LogP contribution in [0, 0.1) is 0 Å². The van der Waals surface area contributed by atoms with Crippen molar-refractivity contribution in [1.82, 2.24) is 15.1 Å². The van der Waals surface area contributed by atoms with Gasteiger partial charge in [0.1, 0.15) is 0 Å². The van der Waals surface area contributed by atoms with Crippen LogP contribution in [0.15, 0.2) is 65.2 Å². The summed E-state index contributed by atoms with van der Waals surface area (Å²) in [6.45, 7) is 3.62. The minimum absolute atomic E-state index is 0. The Bertz CT molecular complexity index is 932. The second kappa shape index (κ2) is 11.3. The standard InChI is InChI=1S/C25H30N4O.HI/c1-26-25(28-14-11-21(12-15-28)17-20-7-3-2-4-8-20)27-18-24(30)29-16-13-22-9-5-6-10-23(22)19-29;/h2-10,17H,11-16,18-19H2,1H3,(H,26,27);1H. The number of carbonyl (C=O) groups excluding carboxylic acids is 1. The maximum atomic E-state index is 12.7. The van der Waals surface area contributed by atoms with Crippen molar-refractivity contribution >= 4 is 41.9 Å². The highest BCUT2D eigenvalue weighted by molar-refractivity contribution is 14.0. The number of nitrogens with one attached hydrogen (secondary N) is 1. The van der Waals surface area contributed by atoms with E-state index in [4.69, 9.17) is 0 Å². The van der Waals surface area contributed by atoms with Crippen molar-refractivity contribution in [3.63, 3.8) is 0 Å². The number of rotatable bonds is 3. The van der Waals surface area contributed by atoms with E-state index in [9.17, 15) is 4.79 Å². The SMILES string of the molecule is CN=C(NCC(=O)N1CCc2ccccc2C1)N1CCC(=Cc2ccccc2)CC1.I. The predicted octanol–water partition coefficient (Wildman–Crippen LogP) is 3.94. The van der Waals surface area contributed by atoms with Gasteiger partial charge in [-0.15, -0.1) is 24.0 Å². The van der Waals surface area contributed by atoms with Gasteiger partial charge in [-0.3, -0.25) is 9.79 Å². The Labute approximate surface area is 202 Å². The van der Waals surface area contributed by atoms with E-state index in [-0.39, 0.29) is 36.4 Å². The highest BCUT2D eigenvalue weighted by atomic mass is 127. The van der Waals surface area contributed by atoms with Gasteiger partial charge in [-0.1, -0.05) is 66.2 Å². The lowest BCUT2D eigenvalue weighted by Crippen LogP contribution is -2.48. The summed E-state index contributed by atoms with van der Waals surface area (Å²) >= 11 is 0. The third kappa shape index (κ3) is 6.09. The smallest absolute Gasteiger partial charge is 0.242 e. The lowest BCUT2D eigenvalue weighted by atomic mass is 10.00. The molecule has 0 unspecified atom stereocenters. The zero-order chi connectivity index (χ0) is 20.8. The van der Waals surface area contributed by atoms with Crippen molar-refractivity contribution in [3.8, 4) is 0 Å². The molecule has 1 saturated heterocycles. The zero-order valence-electron chi connectivity index (χ0n) is 18.1. The Kier molecular flexibility index (Phi) is 8.51. The summed E-state index contributed by atoms with van der Waals surface area (Å²) in [6, 6.07) is 18.9. The molecule has 0 aliphatic carbocycles. The van der Waals surface area contributed by atoms with Crippen LogP contribution in [-0.4, -0.2) is 54.9 Å². The molecule has 5 nitrogen and oxygen atoms in total. The second-order valence-electron chi connectivity index (χ2n) is 7.94. The molecule has 31 heavy (non-hydrogen) atoms. The molecular formula is C25H31IN4O. The first-order chi connectivity index (χ1) is 14.7. The normalized spacial score (nSPS) is 16.3. The second-order valence-corrected chi connectivity index (χ2v) is 7.94. The number of nitrogens with zero attached hydrogens (tertiary/aromatic N) is 3.